The van der Waals surface area contributed by atoms with E-state index in [1.165, 1.54) is 0 Å². The summed E-state index contributed by atoms with van der Waals surface area (Å²) in [5.41, 5.74) is 3.59. The third-order valence-corrected chi connectivity index (χ3v) is 4.57. The number of thiazole rings is 1. The predicted octanol–water partition coefficient (Wildman–Crippen LogP) is 3.58. The molecule has 0 bridgehead atoms. The summed E-state index contributed by atoms with van der Waals surface area (Å²) >= 11 is 1.55. The van der Waals surface area contributed by atoms with Crippen molar-refractivity contribution in [2.24, 2.45) is 0 Å². The van der Waals surface area contributed by atoms with E-state index in [0.717, 1.165) is 21.7 Å². The van der Waals surface area contributed by atoms with Gasteiger partial charge in [0.2, 0.25) is 0 Å². The molecule has 1 amide bonds. The van der Waals surface area contributed by atoms with Gasteiger partial charge in [-0.25, -0.2) is 4.98 Å². The summed E-state index contributed by atoms with van der Waals surface area (Å²) in [4.78, 5) is 20.9. The van der Waals surface area contributed by atoms with Gasteiger partial charge in [-0.15, -0.1) is 11.3 Å². The Labute approximate surface area is 147 Å². The molecule has 1 aromatic carbocycles. The first-order valence-corrected chi connectivity index (χ1v) is 8.58. The summed E-state index contributed by atoms with van der Waals surface area (Å²) in [5.74, 6) is -0.152. The maximum absolute atomic E-state index is 12.4. The van der Waals surface area contributed by atoms with E-state index in [1.807, 2.05) is 24.4 Å². The van der Waals surface area contributed by atoms with Gasteiger partial charge >= 0.3 is 0 Å². The van der Waals surface area contributed by atoms with Crippen LogP contribution in [0.2, 0.25) is 0 Å². The van der Waals surface area contributed by atoms with Crippen molar-refractivity contribution in [2.45, 2.75) is 13.5 Å². The number of aryl methyl sites for hydroxylation is 1. The summed E-state index contributed by atoms with van der Waals surface area (Å²) in [5, 5.41) is 10.7. The summed E-state index contributed by atoms with van der Waals surface area (Å²) in [6.07, 6.45) is 3.40. The Kier molecular flexibility index (Phi) is 3.99. The fourth-order valence-electron chi connectivity index (χ4n) is 2.52. The number of amides is 1. The Bertz CT molecular complexity index is 1040. The summed E-state index contributed by atoms with van der Waals surface area (Å²) in [6.45, 7) is 2.38. The Morgan fingerprint density at radius 2 is 2.08 bits per heavy atom. The van der Waals surface area contributed by atoms with Crippen molar-refractivity contribution < 1.29 is 9.32 Å². The highest BCUT2D eigenvalue weighted by Crippen LogP contribution is 2.29. The van der Waals surface area contributed by atoms with E-state index in [-0.39, 0.29) is 5.91 Å². The standard InChI is InChI=1S/C18H14N4O2S/c1-11-21-15(10-25-11)17-14-8-13(2-3-16(14)24-22-17)18(23)20-9-12-4-6-19-7-5-12/h2-8,10H,9H2,1H3,(H,20,23). The second kappa shape index (κ2) is 6.45. The van der Waals surface area contributed by atoms with Crippen LogP contribution >= 0.6 is 11.3 Å². The molecule has 0 spiro atoms. The molecule has 4 rings (SSSR count). The Morgan fingerprint density at radius 3 is 2.84 bits per heavy atom. The molecule has 0 saturated heterocycles. The highest BCUT2D eigenvalue weighted by Gasteiger charge is 2.15. The summed E-state index contributed by atoms with van der Waals surface area (Å²) in [7, 11) is 0. The van der Waals surface area contributed by atoms with Crippen LogP contribution in [0.15, 0.2) is 52.6 Å². The summed E-state index contributed by atoms with van der Waals surface area (Å²) < 4.78 is 5.35. The van der Waals surface area contributed by atoms with E-state index >= 15 is 0 Å². The number of carbonyl (C=O) groups excluding carboxylic acids is 1. The third-order valence-electron chi connectivity index (χ3n) is 3.80. The maximum Gasteiger partial charge on any atom is 0.251 e. The number of aromatic nitrogens is 3. The average Bonchev–Trinajstić information content (AvgIpc) is 3.25. The van der Waals surface area contributed by atoms with Crippen LogP contribution in [0, 0.1) is 6.92 Å². The van der Waals surface area contributed by atoms with Gasteiger partial charge in [-0.2, -0.15) is 0 Å². The molecule has 3 aromatic heterocycles. The van der Waals surface area contributed by atoms with Crippen LogP contribution in [0.4, 0.5) is 0 Å². The number of fused-ring (bicyclic) bond motifs is 1. The van der Waals surface area contributed by atoms with Crippen LogP contribution in [0.25, 0.3) is 22.4 Å². The lowest BCUT2D eigenvalue weighted by molar-refractivity contribution is 0.0951. The largest absolute Gasteiger partial charge is 0.356 e. The lowest BCUT2D eigenvalue weighted by atomic mass is 10.1. The second-order valence-electron chi connectivity index (χ2n) is 5.53. The topological polar surface area (TPSA) is 80.9 Å². The number of nitrogens with one attached hydrogen (secondary N) is 1. The van der Waals surface area contributed by atoms with Gasteiger partial charge in [0.25, 0.3) is 5.91 Å². The molecule has 0 saturated carbocycles. The fourth-order valence-corrected chi connectivity index (χ4v) is 3.12. The van der Waals surface area contributed by atoms with Crippen molar-refractivity contribution in [2.75, 3.05) is 0 Å². The molecule has 0 unspecified atom stereocenters. The first kappa shape index (κ1) is 15.5. The highest BCUT2D eigenvalue weighted by atomic mass is 32.1. The molecule has 3 heterocycles. The molecule has 0 fully saturated rings. The molecular formula is C18H14N4O2S. The lowest BCUT2D eigenvalue weighted by Crippen LogP contribution is -2.22. The Balaban J connectivity index is 1.61. The lowest BCUT2D eigenvalue weighted by Gasteiger charge is -2.05. The average molecular weight is 350 g/mol. The van der Waals surface area contributed by atoms with Gasteiger partial charge in [0.1, 0.15) is 11.4 Å². The molecule has 0 atom stereocenters. The quantitative estimate of drug-likeness (QED) is 0.608. The zero-order valence-electron chi connectivity index (χ0n) is 13.4. The van der Waals surface area contributed by atoms with E-state index in [9.17, 15) is 4.79 Å². The Morgan fingerprint density at radius 1 is 1.24 bits per heavy atom. The molecule has 124 valence electrons. The highest BCUT2D eigenvalue weighted by molar-refractivity contribution is 7.09. The molecule has 0 aliphatic heterocycles. The van der Waals surface area contributed by atoms with Crippen molar-refractivity contribution in [3.05, 3.63) is 64.2 Å². The number of hydrogen-bond donors (Lipinski definition) is 1. The Hall–Kier alpha value is -3.06. The molecule has 25 heavy (non-hydrogen) atoms. The molecule has 6 nitrogen and oxygen atoms in total. The van der Waals surface area contributed by atoms with Crippen molar-refractivity contribution in [3.63, 3.8) is 0 Å². The number of nitrogens with zero attached hydrogens (tertiary/aromatic N) is 3. The molecule has 4 aromatic rings. The molecular weight excluding hydrogens is 336 g/mol. The van der Waals surface area contributed by atoms with Gasteiger partial charge < -0.3 is 9.84 Å². The van der Waals surface area contributed by atoms with E-state index < -0.39 is 0 Å². The number of carbonyl (C=O) groups is 1. The van der Waals surface area contributed by atoms with Gasteiger partial charge in [-0.1, -0.05) is 5.16 Å². The zero-order valence-corrected chi connectivity index (χ0v) is 14.2. The van der Waals surface area contributed by atoms with Crippen LogP contribution in [-0.4, -0.2) is 21.0 Å². The minimum absolute atomic E-state index is 0.152. The third kappa shape index (κ3) is 3.14. The maximum atomic E-state index is 12.4. The monoisotopic (exact) mass is 350 g/mol. The number of pyridine rings is 1. The van der Waals surface area contributed by atoms with Crippen molar-refractivity contribution in [1.29, 1.82) is 0 Å². The second-order valence-corrected chi connectivity index (χ2v) is 6.59. The van der Waals surface area contributed by atoms with Gasteiger partial charge in [0.15, 0.2) is 5.58 Å². The van der Waals surface area contributed by atoms with E-state index in [2.05, 4.69) is 20.4 Å². The molecule has 0 aliphatic rings. The number of rotatable bonds is 4. The van der Waals surface area contributed by atoms with Crippen molar-refractivity contribution in [1.82, 2.24) is 20.4 Å². The van der Waals surface area contributed by atoms with Crippen LogP contribution in [0.1, 0.15) is 20.9 Å². The number of benzene rings is 1. The minimum atomic E-state index is -0.152. The summed E-state index contributed by atoms with van der Waals surface area (Å²) in [6, 6.07) is 9.01. The van der Waals surface area contributed by atoms with Crippen molar-refractivity contribution >= 4 is 28.2 Å². The molecule has 1 N–H and O–H groups in total. The van der Waals surface area contributed by atoms with E-state index in [1.54, 1.807) is 41.9 Å². The number of hydrogen-bond acceptors (Lipinski definition) is 6. The van der Waals surface area contributed by atoms with Crippen molar-refractivity contribution in [3.8, 4) is 11.4 Å². The SMILES string of the molecule is Cc1nc(-c2noc3ccc(C(=O)NCc4ccncc4)cc23)cs1. The first-order valence-electron chi connectivity index (χ1n) is 7.70. The van der Waals surface area contributed by atoms with Gasteiger partial charge in [0, 0.05) is 29.9 Å². The predicted molar refractivity (Wildman–Crippen MR) is 95.3 cm³/mol. The molecule has 0 radical (unpaired) electrons. The van der Waals surface area contributed by atoms with Crippen LogP contribution in [0.3, 0.4) is 0 Å². The van der Waals surface area contributed by atoms with Gasteiger partial charge in [0.05, 0.1) is 10.4 Å². The smallest absolute Gasteiger partial charge is 0.251 e. The van der Waals surface area contributed by atoms with Crippen LogP contribution < -0.4 is 5.32 Å². The normalized spacial score (nSPS) is 10.9. The zero-order chi connectivity index (χ0) is 17.2. The van der Waals surface area contributed by atoms with E-state index in [4.69, 9.17) is 4.52 Å². The van der Waals surface area contributed by atoms with Gasteiger partial charge in [-0.05, 0) is 42.8 Å². The molecule has 7 heteroatoms. The van der Waals surface area contributed by atoms with Crippen LogP contribution in [0.5, 0.6) is 0 Å². The van der Waals surface area contributed by atoms with Crippen LogP contribution in [-0.2, 0) is 6.54 Å². The minimum Gasteiger partial charge on any atom is -0.356 e. The van der Waals surface area contributed by atoms with Gasteiger partial charge in [-0.3, -0.25) is 9.78 Å². The van der Waals surface area contributed by atoms with E-state index in [0.29, 0.717) is 23.4 Å². The molecule has 0 aliphatic carbocycles. The fraction of sp³-hybridized carbons (Fsp3) is 0.111. The first-order chi connectivity index (χ1) is 12.2.